The number of hydrogen-bond acceptors (Lipinski definition) is 4. The summed E-state index contributed by atoms with van der Waals surface area (Å²) in [4.78, 5) is 18.3. The maximum absolute atomic E-state index is 14.1. The smallest absolute Gasteiger partial charge is 0.232 e. The first kappa shape index (κ1) is 16.9. The molecule has 132 valence electrons. The normalized spacial score (nSPS) is 17.1. The second-order valence-electron chi connectivity index (χ2n) is 6.33. The van der Waals surface area contributed by atoms with Crippen molar-refractivity contribution in [1.29, 1.82) is 0 Å². The Labute approximate surface area is 158 Å². The molecule has 2 aromatic carbocycles. The number of nitrogens with zero attached hydrogens (tertiary/aromatic N) is 3. The molecule has 1 saturated heterocycles. The molecule has 26 heavy (non-hydrogen) atoms. The van der Waals surface area contributed by atoms with E-state index in [-0.39, 0.29) is 18.2 Å². The molecule has 0 aliphatic carbocycles. The fourth-order valence-corrected chi connectivity index (χ4v) is 3.48. The van der Waals surface area contributed by atoms with Crippen LogP contribution >= 0.6 is 15.9 Å². The van der Waals surface area contributed by atoms with E-state index in [0.29, 0.717) is 23.9 Å². The van der Waals surface area contributed by atoms with Gasteiger partial charge in [-0.05, 0) is 36.8 Å². The van der Waals surface area contributed by atoms with E-state index >= 15 is 0 Å². The number of rotatable bonds is 3. The first-order chi connectivity index (χ1) is 12.5. The van der Waals surface area contributed by atoms with Gasteiger partial charge in [-0.3, -0.25) is 4.79 Å². The van der Waals surface area contributed by atoms with Crippen molar-refractivity contribution in [3.05, 3.63) is 64.2 Å². The Morgan fingerprint density at radius 1 is 1.27 bits per heavy atom. The molecule has 1 aliphatic rings. The van der Waals surface area contributed by atoms with Gasteiger partial charge in [-0.2, -0.15) is 4.98 Å². The molecule has 0 radical (unpaired) electrons. The highest BCUT2D eigenvalue weighted by Crippen LogP contribution is 2.33. The van der Waals surface area contributed by atoms with Crippen LogP contribution in [-0.4, -0.2) is 22.6 Å². The second kappa shape index (κ2) is 6.64. The van der Waals surface area contributed by atoms with Crippen LogP contribution in [0.4, 0.5) is 10.1 Å². The lowest BCUT2D eigenvalue weighted by atomic mass is 10.1. The molecule has 1 unspecified atom stereocenters. The molecular formula is C19H15BrFN3O2. The zero-order valence-electron chi connectivity index (χ0n) is 13.9. The summed E-state index contributed by atoms with van der Waals surface area (Å²) < 4.78 is 20.4. The van der Waals surface area contributed by atoms with Gasteiger partial charge < -0.3 is 9.42 Å². The first-order valence-electron chi connectivity index (χ1n) is 8.17. The van der Waals surface area contributed by atoms with Crippen molar-refractivity contribution in [2.24, 2.45) is 0 Å². The number of carbonyl (C=O) groups is 1. The van der Waals surface area contributed by atoms with Crippen LogP contribution in [0.3, 0.4) is 0 Å². The highest BCUT2D eigenvalue weighted by Gasteiger charge is 2.36. The third-order valence-corrected chi connectivity index (χ3v) is 4.88. The summed E-state index contributed by atoms with van der Waals surface area (Å²) in [6, 6.07) is 12.3. The summed E-state index contributed by atoms with van der Waals surface area (Å²) in [6.45, 7) is 2.18. The van der Waals surface area contributed by atoms with Crippen molar-refractivity contribution in [3.8, 4) is 11.4 Å². The molecule has 2 heterocycles. The average Bonchev–Trinajstić information content (AvgIpc) is 3.24. The SMILES string of the molecule is Cc1ccc(F)c(N2CC(c3nc(-c4cccc(Br)c4)no3)CC2=O)c1. The van der Waals surface area contributed by atoms with E-state index in [0.717, 1.165) is 15.6 Å². The van der Waals surface area contributed by atoms with Crippen molar-refractivity contribution < 1.29 is 13.7 Å². The van der Waals surface area contributed by atoms with Crippen LogP contribution in [0.1, 0.15) is 23.8 Å². The zero-order chi connectivity index (χ0) is 18.3. The Morgan fingerprint density at radius 3 is 2.92 bits per heavy atom. The van der Waals surface area contributed by atoms with Crippen LogP contribution in [0.15, 0.2) is 51.5 Å². The van der Waals surface area contributed by atoms with Crippen LogP contribution in [0.5, 0.6) is 0 Å². The third-order valence-electron chi connectivity index (χ3n) is 4.39. The van der Waals surface area contributed by atoms with Gasteiger partial charge >= 0.3 is 0 Å². The molecule has 1 fully saturated rings. The summed E-state index contributed by atoms with van der Waals surface area (Å²) in [5, 5.41) is 4.02. The van der Waals surface area contributed by atoms with Crippen LogP contribution < -0.4 is 4.90 Å². The molecule has 4 rings (SSSR count). The number of anilines is 1. The van der Waals surface area contributed by atoms with Gasteiger partial charge in [-0.15, -0.1) is 0 Å². The molecule has 1 atom stereocenters. The Balaban J connectivity index is 1.59. The first-order valence-corrected chi connectivity index (χ1v) is 8.96. The van der Waals surface area contributed by atoms with E-state index in [9.17, 15) is 9.18 Å². The lowest BCUT2D eigenvalue weighted by Crippen LogP contribution is -2.25. The minimum Gasteiger partial charge on any atom is -0.339 e. The van der Waals surface area contributed by atoms with Gasteiger partial charge in [-0.25, -0.2) is 4.39 Å². The lowest BCUT2D eigenvalue weighted by Gasteiger charge is -2.17. The molecule has 0 N–H and O–H groups in total. The zero-order valence-corrected chi connectivity index (χ0v) is 15.5. The Hall–Kier alpha value is -2.54. The van der Waals surface area contributed by atoms with Crippen molar-refractivity contribution in [2.45, 2.75) is 19.3 Å². The molecule has 0 bridgehead atoms. The minimum atomic E-state index is -0.412. The Morgan fingerprint density at radius 2 is 2.12 bits per heavy atom. The summed E-state index contributed by atoms with van der Waals surface area (Å²) in [5.41, 5.74) is 2.01. The number of halogens is 2. The quantitative estimate of drug-likeness (QED) is 0.633. The minimum absolute atomic E-state index is 0.151. The number of carbonyl (C=O) groups excluding carboxylic acids is 1. The monoisotopic (exact) mass is 415 g/mol. The lowest BCUT2D eigenvalue weighted by molar-refractivity contribution is -0.117. The van der Waals surface area contributed by atoms with Crippen molar-refractivity contribution in [3.63, 3.8) is 0 Å². The molecule has 0 saturated carbocycles. The van der Waals surface area contributed by atoms with Gasteiger partial charge in [0.2, 0.25) is 17.6 Å². The molecule has 1 aromatic heterocycles. The molecule has 0 spiro atoms. The Kier molecular flexibility index (Phi) is 4.32. The number of benzene rings is 2. The van der Waals surface area contributed by atoms with Crippen molar-refractivity contribution in [2.75, 3.05) is 11.4 Å². The fourth-order valence-electron chi connectivity index (χ4n) is 3.08. The Bertz CT molecular complexity index is 988. The predicted octanol–water partition coefficient (Wildman–Crippen LogP) is 4.47. The van der Waals surface area contributed by atoms with Gasteiger partial charge in [0, 0.05) is 23.0 Å². The van der Waals surface area contributed by atoms with E-state index in [4.69, 9.17) is 4.52 Å². The summed E-state index contributed by atoms with van der Waals surface area (Å²) in [7, 11) is 0. The average molecular weight is 416 g/mol. The van der Waals surface area contributed by atoms with Gasteiger partial charge in [0.15, 0.2) is 0 Å². The highest BCUT2D eigenvalue weighted by atomic mass is 79.9. The van der Waals surface area contributed by atoms with E-state index in [1.54, 1.807) is 12.1 Å². The van der Waals surface area contributed by atoms with Gasteiger partial charge in [-0.1, -0.05) is 39.3 Å². The second-order valence-corrected chi connectivity index (χ2v) is 7.24. The van der Waals surface area contributed by atoms with Crippen LogP contribution in [0.2, 0.25) is 0 Å². The van der Waals surface area contributed by atoms with Gasteiger partial charge in [0.1, 0.15) is 5.82 Å². The number of aryl methyl sites for hydroxylation is 1. The highest BCUT2D eigenvalue weighted by molar-refractivity contribution is 9.10. The van der Waals surface area contributed by atoms with Gasteiger partial charge in [0.25, 0.3) is 0 Å². The molecule has 7 heteroatoms. The van der Waals surface area contributed by atoms with E-state index in [2.05, 4.69) is 26.1 Å². The number of amides is 1. The molecular weight excluding hydrogens is 401 g/mol. The van der Waals surface area contributed by atoms with E-state index in [1.807, 2.05) is 31.2 Å². The summed E-state index contributed by atoms with van der Waals surface area (Å²) in [5.74, 6) is 0.0419. The van der Waals surface area contributed by atoms with E-state index in [1.165, 1.54) is 11.0 Å². The standard InChI is InChI=1S/C19H15BrFN3O2/c1-11-5-6-15(21)16(7-11)24-10-13(9-17(24)25)19-22-18(23-26-19)12-3-2-4-14(20)8-12/h2-8,13H,9-10H2,1H3. The summed E-state index contributed by atoms with van der Waals surface area (Å²) in [6.07, 6.45) is 0.216. The fraction of sp³-hybridized carbons (Fsp3) is 0.211. The predicted molar refractivity (Wildman–Crippen MR) is 98.3 cm³/mol. The maximum Gasteiger partial charge on any atom is 0.232 e. The number of hydrogen-bond donors (Lipinski definition) is 0. The van der Waals surface area contributed by atoms with E-state index < -0.39 is 5.82 Å². The molecule has 1 aliphatic heterocycles. The van der Waals surface area contributed by atoms with Crippen molar-refractivity contribution >= 4 is 27.5 Å². The summed E-state index contributed by atoms with van der Waals surface area (Å²) >= 11 is 3.41. The van der Waals surface area contributed by atoms with Crippen LogP contribution in [-0.2, 0) is 4.79 Å². The third kappa shape index (κ3) is 3.14. The maximum atomic E-state index is 14.1. The van der Waals surface area contributed by atoms with Crippen molar-refractivity contribution in [1.82, 2.24) is 10.1 Å². The molecule has 1 amide bonds. The topological polar surface area (TPSA) is 59.2 Å². The molecule has 3 aromatic rings. The van der Waals surface area contributed by atoms with Gasteiger partial charge in [0.05, 0.1) is 11.6 Å². The van der Waals surface area contributed by atoms with Crippen LogP contribution in [0, 0.1) is 12.7 Å². The largest absolute Gasteiger partial charge is 0.339 e. The molecule has 5 nitrogen and oxygen atoms in total. The number of aromatic nitrogens is 2. The van der Waals surface area contributed by atoms with Crippen LogP contribution in [0.25, 0.3) is 11.4 Å².